The summed E-state index contributed by atoms with van der Waals surface area (Å²) >= 11 is 0. The van der Waals surface area contributed by atoms with Crippen molar-refractivity contribution in [1.82, 2.24) is 9.91 Å². The van der Waals surface area contributed by atoms with Gasteiger partial charge in [0.1, 0.15) is 5.71 Å². The lowest BCUT2D eigenvalue weighted by atomic mass is 10.1. The lowest BCUT2D eigenvalue weighted by Gasteiger charge is -2.24. The number of rotatable bonds is 4. The fourth-order valence-corrected chi connectivity index (χ4v) is 1.81. The van der Waals surface area contributed by atoms with E-state index in [0.29, 0.717) is 12.1 Å². The third-order valence-corrected chi connectivity index (χ3v) is 2.95. The highest BCUT2D eigenvalue weighted by molar-refractivity contribution is 6.39. The molecule has 0 fully saturated rings. The zero-order valence-electron chi connectivity index (χ0n) is 11.7. The molecule has 1 rings (SSSR count). The molecule has 1 atom stereocenters. The molecule has 0 bridgehead atoms. The molecule has 0 spiro atoms. The van der Waals surface area contributed by atoms with Crippen LogP contribution in [0.4, 0.5) is 0 Å². The van der Waals surface area contributed by atoms with Gasteiger partial charge in [-0.3, -0.25) is 14.4 Å². The lowest BCUT2D eigenvalue weighted by molar-refractivity contribution is -0.145. The van der Waals surface area contributed by atoms with E-state index in [-0.39, 0.29) is 30.7 Å². The second kappa shape index (κ2) is 6.31. The van der Waals surface area contributed by atoms with Crippen LogP contribution in [0.1, 0.15) is 19.8 Å². The van der Waals surface area contributed by atoms with Gasteiger partial charge in [-0.1, -0.05) is 6.92 Å². The predicted octanol–water partition coefficient (Wildman–Crippen LogP) is -0.138. The molecule has 7 nitrogen and oxygen atoms in total. The van der Waals surface area contributed by atoms with Crippen molar-refractivity contribution in [2.45, 2.75) is 19.8 Å². The van der Waals surface area contributed by atoms with Crippen LogP contribution in [0.15, 0.2) is 5.10 Å². The summed E-state index contributed by atoms with van der Waals surface area (Å²) in [6, 6.07) is 0. The molecule has 106 valence electrons. The number of carbonyl (C=O) groups excluding carboxylic acids is 3. The van der Waals surface area contributed by atoms with Crippen LogP contribution in [0, 0.1) is 5.92 Å². The molecular weight excluding hydrogens is 250 g/mol. The number of carbonyl (C=O) groups is 3. The van der Waals surface area contributed by atoms with Crippen LogP contribution in [0.5, 0.6) is 0 Å². The average Bonchev–Trinajstić information content (AvgIpc) is 2.39. The Labute approximate surface area is 112 Å². The maximum atomic E-state index is 12.1. The standard InChI is InChI=1S/C12H19N3O4/c1-8(12(18)19-4)7-14(2)11(17)9-5-6-10(16)15(3)13-9/h8H,5-7H2,1-4H3. The molecule has 2 amide bonds. The summed E-state index contributed by atoms with van der Waals surface area (Å²) in [7, 11) is 4.43. The van der Waals surface area contributed by atoms with Gasteiger partial charge in [0.05, 0.1) is 13.0 Å². The number of amides is 2. The SMILES string of the molecule is COC(=O)C(C)CN(C)C(=O)C1=NN(C)C(=O)CC1. The lowest BCUT2D eigenvalue weighted by Crippen LogP contribution is -2.41. The van der Waals surface area contributed by atoms with Crippen LogP contribution in [0.25, 0.3) is 0 Å². The zero-order chi connectivity index (χ0) is 14.6. The minimum atomic E-state index is -0.400. The van der Waals surface area contributed by atoms with Crippen molar-refractivity contribution in [3.63, 3.8) is 0 Å². The fraction of sp³-hybridized carbons (Fsp3) is 0.667. The smallest absolute Gasteiger partial charge is 0.310 e. The van der Waals surface area contributed by atoms with Gasteiger partial charge in [-0.15, -0.1) is 0 Å². The van der Waals surface area contributed by atoms with Crippen molar-refractivity contribution < 1.29 is 19.1 Å². The molecule has 0 aliphatic carbocycles. The van der Waals surface area contributed by atoms with Gasteiger partial charge in [0.25, 0.3) is 5.91 Å². The number of esters is 1. The Hall–Kier alpha value is -1.92. The van der Waals surface area contributed by atoms with Crippen molar-refractivity contribution in [1.29, 1.82) is 0 Å². The molecule has 0 saturated carbocycles. The van der Waals surface area contributed by atoms with E-state index in [2.05, 4.69) is 9.84 Å². The molecule has 7 heteroatoms. The largest absolute Gasteiger partial charge is 0.469 e. The summed E-state index contributed by atoms with van der Waals surface area (Å²) in [4.78, 5) is 36.1. The predicted molar refractivity (Wildman–Crippen MR) is 68.3 cm³/mol. The highest BCUT2D eigenvalue weighted by atomic mass is 16.5. The number of hydrogen-bond donors (Lipinski definition) is 0. The van der Waals surface area contributed by atoms with Gasteiger partial charge in [0.15, 0.2) is 0 Å². The molecule has 0 N–H and O–H groups in total. The van der Waals surface area contributed by atoms with Gasteiger partial charge in [0.2, 0.25) is 5.91 Å². The first-order chi connectivity index (χ1) is 8.86. The molecule has 1 heterocycles. The fourth-order valence-electron chi connectivity index (χ4n) is 1.81. The van der Waals surface area contributed by atoms with Gasteiger partial charge in [-0.2, -0.15) is 5.10 Å². The van der Waals surface area contributed by atoms with Crippen molar-refractivity contribution in [3.05, 3.63) is 0 Å². The van der Waals surface area contributed by atoms with Gasteiger partial charge in [-0.25, -0.2) is 5.01 Å². The van der Waals surface area contributed by atoms with Gasteiger partial charge >= 0.3 is 5.97 Å². The number of methoxy groups -OCH3 is 1. The van der Waals surface area contributed by atoms with Crippen molar-refractivity contribution in [2.24, 2.45) is 11.0 Å². The summed E-state index contributed by atoms with van der Waals surface area (Å²) in [6.45, 7) is 1.94. The summed E-state index contributed by atoms with van der Waals surface area (Å²) in [5, 5.41) is 5.12. The molecule has 1 aliphatic rings. The summed E-state index contributed by atoms with van der Waals surface area (Å²) in [5.41, 5.74) is 0.335. The second-order valence-electron chi connectivity index (χ2n) is 4.57. The number of nitrogens with zero attached hydrogens (tertiary/aromatic N) is 3. The Morgan fingerprint density at radius 3 is 2.63 bits per heavy atom. The van der Waals surface area contributed by atoms with E-state index in [9.17, 15) is 14.4 Å². The Morgan fingerprint density at radius 2 is 2.11 bits per heavy atom. The Morgan fingerprint density at radius 1 is 1.47 bits per heavy atom. The monoisotopic (exact) mass is 269 g/mol. The summed E-state index contributed by atoms with van der Waals surface area (Å²) in [6.07, 6.45) is 0.612. The maximum absolute atomic E-state index is 12.1. The Balaban J connectivity index is 2.65. The quantitative estimate of drug-likeness (QED) is 0.665. The number of hydrazone groups is 1. The minimum Gasteiger partial charge on any atom is -0.469 e. The first kappa shape index (κ1) is 15.1. The van der Waals surface area contributed by atoms with Crippen LogP contribution in [-0.4, -0.2) is 61.2 Å². The van der Waals surface area contributed by atoms with E-state index in [1.54, 1.807) is 14.0 Å². The highest BCUT2D eigenvalue weighted by Crippen LogP contribution is 2.10. The first-order valence-corrected chi connectivity index (χ1v) is 6.04. The topological polar surface area (TPSA) is 79.3 Å². The van der Waals surface area contributed by atoms with Crippen LogP contribution >= 0.6 is 0 Å². The van der Waals surface area contributed by atoms with Gasteiger partial charge in [-0.05, 0) is 0 Å². The third-order valence-electron chi connectivity index (χ3n) is 2.95. The minimum absolute atomic E-state index is 0.109. The number of ether oxygens (including phenoxy) is 1. The maximum Gasteiger partial charge on any atom is 0.310 e. The third kappa shape index (κ3) is 3.77. The molecule has 0 radical (unpaired) electrons. The van der Waals surface area contributed by atoms with E-state index in [1.807, 2.05) is 0 Å². The van der Waals surface area contributed by atoms with Crippen LogP contribution in [-0.2, 0) is 19.1 Å². The van der Waals surface area contributed by atoms with Crippen LogP contribution in [0.3, 0.4) is 0 Å². The molecule has 1 unspecified atom stereocenters. The van der Waals surface area contributed by atoms with Crippen LogP contribution < -0.4 is 0 Å². The summed E-state index contributed by atoms with van der Waals surface area (Å²) in [5.74, 6) is -1.14. The first-order valence-electron chi connectivity index (χ1n) is 6.04. The molecular formula is C12H19N3O4. The highest BCUT2D eigenvalue weighted by Gasteiger charge is 2.26. The van der Waals surface area contributed by atoms with E-state index in [4.69, 9.17) is 0 Å². The Kier molecular flexibility index (Phi) is 5.02. The van der Waals surface area contributed by atoms with Crippen LogP contribution in [0.2, 0.25) is 0 Å². The van der Waals surface area contributed by atoms with Crippen molar-refractivity contribution in [2.75, 3.05) is 27.7 Å². The van der Waals surface area contributed by atoms with Gasteiger partial charge in [0, 0.05) is 33.5 Å². The van der Waals surface area contributed by atoms with E-state index >= 15 is 0 Å². The molecule has 1 aliphatic heterocycles. The van der Waals surface area contributed by atoms with Gasteiger partial charge < -0.3 is 9.64 Å². The average molecular weight is 269 g/mol. The van der Waals surface area contributed by atoms with E-state index < -0.39 is 5.92 Å². The molecule has 19 heavy (non-hydrogen) atoms. The number of hydrogen-bond acceptors (Lipinski definition) is 5. The Bertz CT molecular complexity index is 419. The normalized spacial score (nSPS) is 16.7. The zero-order valence-corrected chi connectivity index (χ0v) is 11.7. The molecule has 0 saturated heterocycles. The second-order valence-corrected chi connectivity index (χ2v) is 4.57. The molecule has 0 aromatic carbocycles. The summed E-state index contributed by atoms with van der Waals surface area (Å²) < 4.78 is 4.61. The van der Waals surface area contributed by atoms with E-state index in [0.717, 1.165) is 0 Å². The molecule has 0 aromatic rings. The van der Waals surface area contributed by atoms with E-state index in [1.165, 1.54) is 24.1 Å². The molecule has 0 aromatic heterocycles. The van der Waals surface area contributed by atoms with Crippen molar-refractivity contribution >= 4 is 23.5 Å². The van der Waals surface area contributed by atoms with Crippen molar-refractivity contribution in [3.8, 4) is 0 Å².